The summed E-state index contributed by atoms with van der Waals surface area (Å²) in [4.78, 5) is 15.1. The van der Waals surface area contributed by atoms with Gasteiger partial charge in [-0.1, -0.05) is 54.6 Å². The Labute approximate surface area is 147 Å². The van der Waals surface area contributed by atoms with E-state index in [1.54, 1.807) is 30.3 Å². The van der Waals surface area contributed by atoms with Crippen molar-refractivity contribution in [3.8, 4) is 0 Å². The summed E-state index contributed by atoms with van der Waals surface area (Å²) in [6, 6.07) is 17.3. The number of fused-ring (bicyclic) bond motifs is 2. The van der Waals surface area contributed by atoms with Gasteiger partial charge in [0.25, 0.3) is 0 Å². The van der Waals surface area contributed by atoms with Gasteiger partial charge in [-0.05, 0) is 31.2 Å². The molecule has 4 rings (SSSR count). The molecule has 2 aliphatic heterocycles. The van der Waals surface area contributed by atoms with Gasteiger partial charge in [-0.25, -0.2) is 8.42 Å². The number of benzene rings is 2. The molecule has 0 aromatic heterocycles. The Bertz CT molecular complexity index is 935. The maximum absolute atomic E-state index is 13.1. The number of hydrogen-bond donors (Lipinski definition) is 0. The molecule has 4 nitrogen and oxygen atoms in total. The van der Waals surface area contributed by atoms with Crippen LogP contribution in [-0.2, 0) is 14.6 Å². The molecule has 5 heteroatoms. The molecule has 1 fully saturated rings. The van der Waals surface area contributed by atoms with Crippen LogP contribution in [0.2, 0.25) is 0 Å². The third-order valence-electron chi connectivity index (χ3n) is 5.26. The third-order valence-corrected chi connectivity index (χ3v) is 7.46. The van der Waals surface area contributed by atoms with E-state index in [9.17, 15) is 13.2 Å². The van der Waals surface area contributed by atoms with Crippen LogP contribution in [0.4, 0.5) is 0 Å². The van der Waals surface area contributed by atoms with Gasteiger partial charge in [-0.2, -0.15) is 0 Å². The second-order valence-corrected chi connectivity index (χ2v) is 8.78. The third kappa shape index (κ3) is 2.55. The zero-order chi connectivity index (χ0) is 17.6. The highest BCUT2D eigenvalue weighted by Crippen LogP contribution is 2.40. The first-order valence-corrected chi connectivity index (χ1v) is 9.87. The minimum atomic E-state index is -3.49. The van der Waals surface area contributed by atoms with Crippen LogP contribution in [0, 0.1) is 0 Å². The lowest BCUT2D eigenvalue weighted by Gasteiger charge is -2.30. The minimum absolute atomic E-state index is 0.00992. The van der Waals surface area contributed by atoms with Crippen LogP contribution >= 0.6 is 0 Å². The fourth-order valence-corrected chi connectivity index (χ4v) is 5.86. The Morgan fingerprint density at radius 1 is 0.960 bits per heavy atom. The molecule has 0 amide bonds. The van der Waals surface area contributed by atoms with Crippen molar-refractivity contribution in [2.45, 2.75) is 28.6 Å². The molecule has 2 aromatic carbocycles. The Morgan fingerprint density at radius 2 is 1.56 bits per heavy atom. The van der Waals surface area contributed by atoms with Gasteiger partial charge in [-0.3, -0.25) is 9.69 Å². The second-order valence-electron chi connectivity index (χ2n) is 6.61. The molecule has 0 unspecified atom stereocenters. The molecule has 0 radical (unpaired) electrons. The SMILES string of the molecule is CN1[C@@H]2C[C@@H](S(=O)(=O)c3ccccc3)[C@H]1C=C(c1ccccc1)C2=O. The van der Waals surface area contributed by atoms with Crippen LogP contribution in [0.25, 0.3) is 5.57 Å². The molecule has 0 spiro atoms. The molecule has 1 saturated heterocycles. The van der Waals surface area contributed by atoms with E-state index in [2.05, 4.69) is 0 Å². The zero-order valence-corrected chi connectivity index (χ0v) is 14.7. The van der Waals surface area contributed by atoms with Gasteiger partial charge in [0, 0.05) is 11.6 Å². The van der Waals surface area contributed by atoms with E-state index < -0.39 is 15.1 Å². The number of ketones is 1. The minimum Gasteiger partial charge on any atom is -0.292 e. The standard InChI is InChI=1S/C20H19NO3S/c1-21-17-12-16(14-8-4-2-5-9-14)20(22)18(21)13-19(17)25(23,24)15-10-6-3-7-11-15/h2-12,17-19H,13H2,1H3/t17-,18-,19-/m1/s1. The first-order chi connectivity index (χ1) is 12.0. The Balaban J connectivity index is 1.78. The summed E-state index contributed by atoms with van der Waals surface area (Å²) in [5.41, 5.74) is 1.49. The first kappa shape index (κ1) is 16.2. The van der Waals surface area contributed by atoms with Gasteiger partial charge >= 0.3 is 0 Å². The number of carbonyl (C=O) groups excluding carboxylic acids is 1. The molecule has 2 bridgehead atoms. The predicted octanol–water partition coefficient (Wildman–Crippen LogP) is 2.57. The molecule has 25 heavy (non-hydrogen) atoms. The molecule has 0 saturated carbocycles. The van der Waals surface area contributed by atoms with E-state index >= 15 is 0 Å². The second kappa shape index (κ2) is 5.93. The largest absolute Gasteiger partial charge is 0.292 e. The average molecular weight is 353 g/mol. The van der Waals surface area contributed by atoms with Crippen LogP contribution < -0.4 is 0 Å². The lowest BCUT2D eigenvalue weighted by atomic mass is 9.94. The maximum Gasteiger partial charge on any atom is 0.183 e. The predicted molar refractivity (Wildman–Crippen MR) is 96.8 cm³/mol. The van der Waals surface area contributed by atoms with Crippen LogP contribution in [0.3, 0.4) is 0 Å². The number of nitrogens with zero attached hydrogens (tertiary/aromatic N) is 1. The number of carbonyl (C=O) groups is 1. The quantitative estimate of drug-likeness (QED) is 0.851. The molecular formula is C20H19NO3S. The molecule has 3 atom stereocenters. The highest BCUT2D eigenvalue weighted by molar-refractivity contribution is 7.92. The molecule has 2 aromatic rings. The lowest BCUT2D eigenvalue weighted by molar-refractivity contribution is -0.118. The summed E-state index contributed by atoms with van der Waals surface area (Å²) in [6.45, 7) is 0. The maximum atomic E-state index is 13.1. The number of rotatable bonds is 3. The van der Waals surface area contributed by atoms with Crippen molar-refractivity contribution in [2.75, 3.05) is 7.05 Å². The summed E-state index contributed by atoms with van der Waals surface area (Å²) in [7, 11) is -1.65. The number of sulfone groups is 1. The van der Waals surface area contributed by atoms with E-state index in [1.807, 2.05) is 48.4 Å². The Morgan fingerprint density at radius 3 is 2.20 bits per heavy atom. The van der Waals surface area contributed by atoms with E-state index in [4.69, 9.17) is 0 Å². The highest BCUT2D eigenvalue weighted by atomic mass is 32.2. The summed E-state index contributed by atoms with van der Waals surface area (Å²) in [6.07, 6.45) is 2.18. The van der Waals surface area contributed by atoms with Crippen molar-refractivity contribution in [3.05, 3.63) is 72.3 Å². The van der Waals surface area contributed by atoms with E-state index in [0.29, 0.717) is 16.9 Å². The van der Waals surface area contributed by atoms with E-state index in [1.165, 1.54) is 0 Å². The van der Waals surface area contributed by atoms with Crippen molar-refractivity contribution < 1.29 is 13.2 Å². The fourth-order valence-electron chi connectivity index (χ4n) is 3.90. The Hall–Kier alpha value is -2.24. The zero-order valence-electron chi connectivity index (χ0n) is 13.9. The molecule has 0 aliphatic carbocycles. The number of hydrogen-bond acceptors (Lipinski definition) is 4. The van der Waals surface area contributed by atoms with Crippen LogP contribution in [0.15, 0.2) is 71.6 Å². The van der Waals surface area contributed by atoms with Gasteiger partial charge in [0.1, 0.15) is 0 Å². The van der Waals surface area contributed by atoms with Gasteiger partial charge in [0.05, 0.1) is 16.2 Å². The highest BCUT2D eigenvalue weighted by Gasteiger charge is 2.51. The molecule has 0 N–H and O–H groups in total. The molecule has 2 aliphatic rings. The van der Waals surface area contributed by atoms with Crippen LogP contribution in [-0.4, -0.2) is 43.5 Å². The average Bonchev–Trinajstić information content (AvgIpc) is 2.88. The summed E-state index contributed by atoms with van der Waals surface area (Å²) in [5.74, 6) is 0.00992. The number of likely N-dealkylation sites (N-methyl/N-ethyl adjacent to an activating group) is 1. The van der Waals surface area contributed by atoms with Gasteiger partial charge in [-0.15, -0.1) is 0 Å². The first-order valence-electron chi connectivity index (χ1n) is 8.32. The normalized spacial score (nSPS) is 26.5. The van der Waals surface area contributed by atoms with E-state index in [0.717, 1.165) is 5.56 Å². The van der Waals surface area contributed by atoms with Crippen LogP contribution in [0.5, 0.6) is 0 Å². The topological polar surface area (TPSA) is 54.5 Å². The lowest BCUT2D eigenvalue weighted by Crippen LogP contribution is -2.43. The fraction of sp³-hybridized carbons (Fsp3) is 0.250. The van der Waals surface area contributed by atoms with Gasteiger partial charge < -0.3 is 0 Å². The smallest absolute Gasteiger partial charge is 0.183 e. The van der Waals surface area contributed by atoms with Crippen molar-refractivity contribution >= 4 is 21.2 Å². The summed E-state index contributed by atoms with van der Waals surface area (Å²) in [5, 5.41) is -0.602. The van der Waals surface area contributed by atoms with Crippen molar-refractivity contribution in [1.82, 2.24) is 4.90 Å². The van der Waals surface area contributed by atoms with Crippen molar-refractivity contribution in [2.24, 2.45) is 0 Å². The van der Waals surface area contributed by atoms with Crippen molar-refractivity contribution in [3.63, 3.8) is 0 Å². The Kier molecular flexibility index (Phi) is 3.85. The molecular weight excluding hydrogens is 334 g/mol. The molecule has 128 valence electrons. The van der Waals surface area contributed by atoms with E-state index in [-0.39, 0.29) is 17.9 Å². The number of Topliss-reactive ketones (excluding diaryl/α,β-unsaturated/α-hetero) is 1. The van der Waals surface area contributed by atoms with Gasteiger partial charge in [0.15, 0.2) is 15.6 Å². The van der Waals surface area contributed by atoms with Crippen LogP contribution in [0.1, 0.15) is 12.0 Å². The van der Waals surface area contributed by atoms with Gasteiger partial charge in [0.2, 0.25) is 0 Å². The van der Waals surface area contributed by atoms with Crippen molar-refractivity contribution in [1.29, 1.82) is 0 Å². The summed E-state index contributed by atoms with van der Waals surface area (Å²) < 4.78 is 26.2. The molecule has 2 heterocycles. The summed E-state index contributed by atoms with van der Waals surface area (Å²) >= 11 is 0. The monoisotopic (exact) mass is 353 g/mol.